The largest absolute Gasteiger partial charge is 0.295 e. The predicted octanol–water partition coefficient (Wildman–Crippen LogP) is 1.79. The van der Waals surface area contributed by atoms with Crippen LogP contribution in [-0.4, -0.2) is 45.8 Å². The summed E-state index contributed by atoms with van der Waals surface area (Å²) in [6.07, 6.45) is 3.44. The lowest BCUT2D eigenvalue weighted by molar-refractivity contribution is 0.102. The van der Waals surface area contributed by atoms with E-state index in [1.165, 1.54) is 11.3 Å². The summed E-state index contributed by atoms with van der Waals surface area (Å²) in [5.74, 6) is 0.338. The molecule has 1 amide bonds. The third kappa shape index (κ3) is 3.45. The molecule has 8 nitrogen and oxygen atoms in total. The lowest BCUT2D eigenvalue weighted by Crippen LogP contribution is -2.17. The summed E-state index contributed by atoms with van der Waals surface area (Å²) in [6, 6.07) is 1.62. The van der Waals surface area contributed by atoms with E-state index >= 15 is 0 Å². The van der Waals surface area contributed by atoms with E-state index in [1.807, 2.05) is 6.92 Å². The lowest BCUT2D eigenvalue weighted by Gasteiger charge is -2.12. The summed E-state index contributed by atoms with van der Waals surface area (Å²) in [4.78, 5) is 12.5. The van der Waals surface area contributed by atoms with Crippen LogP contribution in [0.5, 0.6) is 0 Å². The third-order valence-electron chi connectivity index (χ3n) is 4.54. The number of aryl methyl sites for hydroxylation is 1. The Kier molecular flexibility index (Phi) is 4.11. The van der Waals surface area contributed by atoms with Crippen molar-refractivity contribution >= 4 is 32.2 Å². The maximum Gasteiger partial charge on any atom is 0.277 e. The highest BCUT2D eigenvalue weighted by Crippen LogP contribution is 2.42. The van der Waals surface area contributed by atoms with Crippen LogP contribution in [0.25, 0.3) is 0 Å². The van der Waals surface area contributed by atoms with Crippen LogP contribution in [0.2, 0.25) is 0 Å². The summed E-state index contributed by atoms with van der Waals surface area (Å²) >= 11 is 1.34. The minimum absolute atomic E-state index is 0.103. The molecule has 0 spiro atoms. The molecular weight excluding hydrogens is 362 g/mol. The fourth-order valence-electron chi connectivity index (χ4n) is 3.07. The maximum atomic E-state index is 12.5. The number of anilines is 1. The average molecular weight is 381 g/mol. The van der Waals surface area contributed by atoms with Gasteiger partial charge in [-0.2, -0.15) is 5.10 Å². The number of hydrogen-bond donors (Lipinski definition) is 1. The van der Waals surface area contributed by atoms with Gasteiger partial charge < -0.3 is 0 Å². The summed E-state index contributed by atoms with van der Waals surface area (Å²) in [5.41, 5.74) is 1.28. The van der Waals surface area contributed by atoms with Crippen molar-refractivity contribution < 1.29 is 13.2 Å². The Morgan fingerprint density at radius 1 is 1.36 bits per heavy atom. The molecule has 0 aromatic carbocycles. The summed E-state index contributed by atoms with van der Waals surface area (Å²) in [5, 5.41) is 16.4. The molecule has 0 bridgehead atoms. The van der Waals surface area contributed by atoms with Crippen molar-refractivity contribution in [1.82, 2.24) is 20.0 Å². The first-order chi connectivity index (χ1) is 11.9. The highest BCUT2D eigenvalue weighted by Gasteiger charge is 2.36. The van der Waals surface area contributed by atoms with Crippen LogP contribution in [-0.2, 0) is 16.3 Å². The van der Waals surface area contributed by atoms with E-state index in [1.54, 1.807) is 10.7 Å². The molecule has 1 aliphatic heterocycles. The second kappa shape index (κ2) is 6.17. The highest BCUT2D eigenvalue weighted by molar-refractivity contribution is 7.91. The smallest absolute Gasteiger partial charge is 0.277 e. The zero-order chi connectivity index (χ0) is 17.6. The average Bonchev–Trinajstić information content (AvgIpc) is 3.00. The van der Waals surface area contributed by atoms with Gasteiger partial charge >= 0.3 is 0 Å². The fraction of sp³-hybridized carbons (Fsp3) is 0.600. The Bertz CT molecular complexity index is 913. The SMILES string of the molecule is CCc1nnc(NC(=O)c2cc(C3CC3)n(C3CCS(=O)(=O)C3)n2)s1. The van der Waals surface area contributed by atoms with Crippen LogP contribution >= 0.6 is 11.3 Å². The molecule has 10 heteroatoms. The zero-order valence-electron chi connectivity index (χ0n) is 13.8. The van der Waals surface area contributed by atoms with E-state index in [4.69, 9.17) is 0 Å². The number of rotatable bonds is 5. The quantitative estimate of drug-likeness (QED) is 0.846. The number of nitrogens with zero attached hydrogens (tertiary/aromatic N) is 4. The molecule has 2 aromatic rings. The molecule has 1 atom stereocenters. The predicted molar refractivity (Wildman–Crippen MR) is 93.8 cm³/mol. The molecule has 1 saturated carbocycles. The summed E-state index contributed by atoms with van der Waals surface area (Å²) in [6.45, 7) is 1.98. The number of amides is 1. The number of hydrogen-bond acceptors (Lipinski definition) is 7. The molecule has 25 heavy (non-hydrogen) atoms. The lowest BCUT2D eigenvalue weighted by atomic mass is 10.2. The first-order valence-electron chi connectivity index (χ1n) is 8.39. The molecule has 4 rings (SSSR count). The van der Waals surface area contributed by atoms with Gasteiger partial charge in [-0.15, -0.1) is 10.2 Å². The van der Waals surface area contributed by atoms with Gasteiger partial charge in [0.25, 0.3) is 5.91 Å². The van der Waals surface area contributed by atoms with Gasteiger partial charge in [-0.05, 0) is 31.7 Å². The van der Waals surface area contributed by atoms with Crippen molar-refractivity contribution in [3.05, 3.63) is 22.5 Å². The molecule has 2 fully saturated rings. The Morgan fingerprint density at radius 2 is 2.16 bits per heavy atom. The van der Waals surface area contributed by atoms with Crippen molar-refractivity contribution in [2.24, 2.45) is 0 Å². The van der Waals surface area contributed by atoms with Crippen LogP contribution in [0, 0.1) is 0 Å². The number of carbonyl (C=O) groups excluding carboxylic acids is 1. The van der Waals surface area contributed by atoms with E-state index in [0.717, 1.165) is 30.0 Å². The van der Waals surface area contributed by atoms with Crippen LogP contribution < -0.4 is 5.32 Å². The molecule has 1 aliphatic carbocycles. The van der Waals surface area contributed by atoms with E-state index in [-0.39, 0.29) is 23.5 Å². The molecule has 134 valence electrons. The first-order valence-corrected chi connectivity index (χ1v) is 11.0. The van der Waals surface area contributed by atoms with E-state index in [0.29, 0.717) is 23.2 Å². The molecule has 1 unspecified atom stereocenters. The van der Waals surface area contributed by atoms with Crippen molar-refractivity contribution in [2.45, 2.75) is 44.6 Å². The van der Waals surface area contributed by atoms with Gasteiger partial charge in [-0.3, -0.25) is 14.8 Å². The van der Waals surface area contributed by atoms with Crippen molar-refractivity contribution in [3.63, 3.8) is 0 Å². The minimum atomic E-state index is -3.00. The van der Waals surface area contributed by atoms with Gasteiger partial charge in [0.1, 0.15) is 5.01 Å². The topological polar surface area (TPSA) is 107 Å². The Balaban J connectivity index is 1.57. The second-order valence-corrected chi connectivity index (χ2v) is 9.83. The van der Waals surface area contributed by atoms with Gasteiger partial charge in [-0.1, -0.05) is 18.3 Å². The zero-order valence-corrected chi connectivity index (χ0v) is 15.4. The van der Waals surface area contributed by atoms with Gasteiger partial charge in [0.15, 0.2) is 15.5 Å². The second-order valence-electron chi connectivity index (χ2n) is 6.54. The van der Waals surface area contributed by atoms with Crippen LogP contribution in [0.1, 0.15) is 59.3 Å². The van der Waals surface area contributed by atoms with Gasteiger partial charge in [0.2, 0.25) is 5.13 Å². The third-order valence-corrected chi connectivity index (χ3v) is 7.27. The Morgan fingerprint density at radius 3 is 2.76 bits per heavy atom. The van der Waals surface area contributed by atoms with Gasteiger partial charge in [0, 0.05) is 11.6 Å². The van der Waals surface area contributed by atoms with E-state index in [9.17, 15) is 13.2 Å². The highest BCUT2D eigenvalue weighted by atomic mass is 32.2. The van der Waals surface area contributed by atoms with Crippen LogP contribution in [0.3, 0.4) is 0 Å². The van der Waals surface area contributed by atoms with Crippen molar-refractivity contribution in [3.8, 4) is 0 Å². The molecule has 2 aromatic heterocycles. The molecule has 0 radical (unpaired) electrons. The first kappa shape index (κ1) is 16.6. The molecule has 1 saturated heterocycles. The Hall–Kier alpha value is -1.81. The molecule has 1 N–H and O–H groups in total. The fourth-order valence-corrected chi connectivity index (χ4v) is 5.44. The van der Waals surface area contributed by atoms with Crippen LogP contribution in [0.4, 0.5) is 5.13 Å². The maximum absolute atomic E-state index is 12.5. The van der Waals surface area contributed by atoms with E-state index < -0.39 is 9.84 Å². The van der Waals surface area contributed by atoms with Crippen molar-refractivity contribution in [2.75, 3.05) is 16.8 Å². The summed E-state index contributed by atoms with van der Waals surface area (Å²) < 4.78 is 25.4. The summed E-state index contributed by atoms with van der Waals surface area (Å²) in [7, 11) is -3.00. The normalized spacial score (nSPS) is 22.2. The number of nitrogens with one attached hydrogen (secondary N) is 1. The molecular formula is C15H19N5O3S2. The van der Waals surface area contributed by atoms with E-state index in [2.05, 4.69) is 20.6 Å². The Labute approximate surface area is 149 Å². The monoisotopic (exact) mass is 381 g/mol. The van der Waals surface area contributed by atoms with Crippen molar-refractivity contribution in [1.29, 1.82) is 0 Å². The standard InChI is InChI=1S/C15H19N5O3S2/c1-2-13-17-18-15(24-13)16-14(21)11-7-12(9-3-4-9)20(19-11)10-5-6-25(22,23)8-10/h7,9-10H,2-6,8H2,1H3,(H,16,18,21). The molecule has 3 heterocycles. The van der Waals surface area contributed by atoms with Gasteiger partial charge in [0.05, 0.1) is 17.5 Å². The molecule has 2 aliphatic rings. The minimum Gasteiger partial charge on any atom is -0.295 e. The van der Waals surface area contributed by atoms with Crippen LogP contribution in [0.15, 0.2) is 6.07 Å². The number of aromatic nitrogens is 4. The number of carbonyl (C=O) groups is 1. The van der Waals surface area contributed by atoms with Gasteiger partial charge in [-0.25, -0.2) is 8.42 Å². The number of sulfone groups is 1.